The average Bonchev–Trinajstić information content (AvgIpc) is 2.86. The third-order valence-corrected chi connectivity index (χ3v) is 3.82. The fourth-order valence-electron chi connectivity index (χ4n) is 1.83. The molecule has 2 aromatic rings. The molecule has 0 fully saturated rings. The number of rotatable bonds is 6. The molecule has 0 radical (unpaired) electrons. The number of nitrogens with one attached hydrogen (secondary N) is 1. The Balaban J connectivity index is 2.18. The first-order chi connectivity index (χ1) is 9.20. The second-order valence-corrected chi connectivity index (χ2v) is 5.87. The highest BCUT2D eigenvalue weighted by Gasteiger charge is 2.09. The monoisotopic (exact) mass is 276 g/mol. The van der Waals surface area contributed by atoms with Gasteiger partial charge in [-0.05, 0) is 5.56 Å². The van der Waals surface area contributed by atoms with Crippen LogP contribution in [-0.2, 0) is 17.9 Å². The van der Waals surface area contributed by atoms with Crippen molar-refractivity contribution in [1.82, 2.24) is 10.3 Å². The Bertz CT molecular complexity index is 522. The van der Waals surface area contributed by atoms with Gasteiger partial charge in [0.05, 0.1) is 6.61 Å². The minimum absolute atomic E-state index is 0.492. The molecule has 0 aliphatic carbocycles. The molecule has 4 heteroatoms. The maximum atomic E-state index is 5.24. The Morgan fingerprint density at radius 1 is 1.32 bits per heavy atom. The van der Waals surface area contributed by atoms with Crippen LogP contribution in [0.5, 0.6) is 0 Å². The first-order valence-corrected chi connectivity index (χ1v) is 7.27. The molecule has 1 aromatic heterocycles. The van der Waals surface area contributed by atoms with Gasteiger partial charge in [-0.15, -0.1) is 11.3 Å². The van der Waals surface area contributed by atoms with E-state index in [-0.39, 0.29) is 0 Å². The molecule has 0 spiro atoms. The summed E-state index contributed by atoms with van der Waals surface area (Å²) in [6.45, 7) is 5.79. The summed E-state index contributed by atoms with van der Waals surface area (Å²) < 4.78 is 5.24. The molecular formula is C15H20N2OS. The van der Waals surface area contributed by atoms with E-state index in [2.05, 4.69) is 36.3 Å². The van der Waals surface area contributed by atoms with Crippen LogP contribution in [0.1, 0.15) is 24.3 Å². The van der Waals surface area contributed by atoms with Crippen molar-refractivity contribution < 1.29 is 4.74 Å². The van der Waals surface area contributed by atoms with Gasteiger partial charge in [0.2, 0.25) is 0 Å². The van der Waals surface area contributed by atoms with E-state index in [1.165, 1.54) is 16.0 Å². The van der Waals surface area contributed by atoms with Crippen LogP contribution >= 0.6 is 11.3 Å². The summed E-state index contributed by atoms with van der Waals surface area (Å²) in [5, 5.41) is 4.48. The number of aromatic nitrogens is 1. The lowest BCUT2D eigenvalue weighted by atomic mass is 10.1. The molecule has 0 atom stereocenters. The SMILES string of the molecule is COCc1ccccc1-c1ncc(CNC(C)C)s1. The van der Waals surface area contributed by atoms with Gasteiger partial charge >= 0.3 is 0 Å². The fraction of sp³-hybridized carbons (Fsp3) is 0.400. The quantitative estimate of drug-likeness (QED) is 0.877. The van der Waals surface area contributed by atoms with Crippen molar-refractivity contribution in [3.8, 4) is 10.6 Å². The summed E-state index contributed by atoms with van der Waals surface area (Å²) in [5.41, 5.74) is 2.35. The third kappa shape index (κ3) is 3.86. The maximum absolute atomic E-state index is 5.24. The Labute approximate surface area is 118 Å². The van der Waals surface area contributed by atoms with Gasteiger partial charge in [0.1, 0.15) is 5.01 Å². The summed E-state index contributed by atoms with van der Waals surface area (Å²) in [5.74, 6) is 0. The van der Waals surface area contributed by atoms with Crippen LogP contribution in [0.2, 0.25) is 0 Å². The highest BCUT2D eigenvalue weighted by atomic mass is 32.1. The number of hydrogen-bond acceptors (Lipinski definition) is 4. The van der Waals surface area contributed by atoms with Gasteiger partial charge in [-0.1, -0.05) is 38.1 Å². The topological polar surface area (TPSA) is 34.1 Å². The Morgan fingerprint density at radius 3 is 2.84 bits per heavy atom. The molecule has 0 amide bonds. The highest BCUT2D eigenvalue weighted by molar-refractivity contribution is 7.15. The molecule has 0 bridgehead atoms. The second kappa shape index (κ2) is 6.80. The molecule has 0 saturated heterocycles. The smallest absolute Gasteiger partial charge is 0.123 e. The van der Waals surface area contributed by atoms with E-state index in [9.17, 15) is 0 Å². The van der Waals surface area contributed by atoms with Crippen molar-refractivity contribution in [1.29, 1.82) is 0 Å². The summed E-state index contributed by atoms with van der Waals surface area (Å²) in [4.78, 5) is 5.79. The molecule has 0 aliphatic rings. The molecule has 0 aliphatic heterocycles. The summed E-state index contributed by atoms with van der Waals surface area (Å²) >= 11 is 1.74. The van der Waals surface area contributed by atoms with Gasteiger partial charge in [0.15, 0.2) is 0 Å². The summed E-state index contributed by atoms with van der Waals surface area (Å²) in [6.07, 6.45) is 1.96. The number of hydrogen-bond donors (Lipinski definition) is 1. The van der Waals surface area contributed by atoms with E-state index in [0.29, 0.717) is 12.6 Å². The van der Waals surface area contributed by atoms with Crippen LogP contribution in [0.25, 0.3) is 10.6 Å². The van der Waals surface area contributed by atoms with Gasteiger partial charge in [-0.3, -0.25) is 0 Å². The molecule has 19 heavy (non-hydrogen) atoms. The van der Waals surface area contributed by atoms with Crippen LogP contribution in [0.15, 0.2) is 30.5 Å². The zero-order chi connectivity index (χ0) is 13.7. The van der Waals surface area contributed by atoms with Gasteiger partial charge in [-0.2, -0.15) is 0 Å². The van der Waals surface area contributed by atoms with Crippen molar-refractivity contribution in [3.05, 3.63) is 40.9 Å². The predicted octanol–water partition coefficient (Wildman–Crippen LogP) is 3.45. The lowest BCUT2D eigenvalue weighted by molar-refractivity contribution is 0.185. The molecule has 1 heterocycles. The minimum atomic E-state index is 0.492. The lowest BCUT2D eigenvalue weighted by Crippen LogP contribution is -2.21. The van der Waals surface area contributed by atoms with E-state index >= 15 is 0 Å². The minimum Gasteiger partial charge on any atom is -0.380 e. The van der Waals surface area contributed by atoms with E-state index in [4.69, 9.17) is 4.74 Å². The van der Waals surface area contributed by atoms with Crippen molar-refractivity contribution in [2.24, 2.45) is 0 Å². The van der Waals surface area contributed by atoms with Crippen molar-refractivity contribution in [3.63, 3.8) is 0 Å². The number of benzene rings is 1. The van der Waals surface area contributed by atoms with Crippen molar-refractivity contribution in [2.75, 3.05) is 7.11 Å². The Kier molecular flexibility index (Phi) is 5.07. The third-order valence-electron chi connectivity index (χ3n) is 2.79. The largest absolute Gasteiger partial charge is 0.380 e. The number of ether oxygens (including phenoxy) is 1. The summed E-state index contributed by atoms with van der Waals surface area (Å²) in [6, 6.07) is 8.76. The highest BCUT2D eigenvalue weighted by Crippen LogP contribution is 2.28. The van der Waals surface area contributed by atoms with Crippen molar-refractivity contribution >= 4 is 11.3 Å². The van der Waals surface area contributed by atoms with E-state index < -0.39 is 0 Å². The first-order valence-electron chi connectivity index (χ1n) is 6.46. The molecule has 1 aromatic carbocycles. The van der Waals surface area contributed by atoms with Crippen LogP contribution in [0.4, 0.5) is 0 Å². The van der Waals surface area contributed by atoms with Crippen LogP contribution in [0, 0.1) is 0 Å². The first kappa shape index (κ1) is 14.2. The molecule has 1 N–H and O–H groups in total. The lowest BCUT2D eigenvalue weighted by Gasteiger charge is -2.06. The van der Waals surface area contributed by atoms with Gasteiger partial charge < -0.3 is 10.1 Å². The normalized spacial score (nSPS) is 11.2. The molecule has 0 saturated carbocycles. The average molecular weight is 276 g/mol. The zero-order valence-corrected chi connectivity index (χ0v) is 12.5. The van der Waals surface area contributed by atoms with E-state index in [0.717, 1.165) is 11.6 Å². The number of nitrogens with zero attached hydrogens (tertiary/aromatic N) is 1. The zero-order valence-electron chi connectivity index (χ0n) is 11.6. The molecule has 102 valence electrons. The molecule has 2 rings (SSSR count). The number of thiazole rings is 1. The van der Waals surface area contributed by atoms with E-state index in [1.54, 1.807) is 18.4 Å². The van der Waals surface area contributed by atoms with E-state index in [1.807, 2.05) is 18.3 Å². The predicted molar refractivity (Wildman–Crippen MR) is 80.2 cm³/mol. The van der Waals surface area contributed by atoms with Gasteiger partial charge in [0, 0.05) is 36.3 Å². The molecular weight excluding hydrogens is 256 g/mol. The molecule has 3 nitrogen and oxygen atoms in total. The fourth-order valence-corrected chi connectivity index (χ4v) is 2.75. The Hall–Kier alpha value is -1.23. The molecule has 0 unspecified atom stereocenters. The van der Waals surface area contributed by atoms with Crippen LogP contribution < -0.4 is 5.32 Å². The summed E-state index contributed by atoms with van der Waals surface area (Å²) in [7, 11) is 1.72. The van der Waals surface area contributed by atoms with Crippen LogP contribution in [0.3, 0.4) is 0 Å². The maximum Gasteiger partial charge on any atom is 0.123 e. The number of methoxy groups -OCH3 is 1. The van der Waals surface area contributed by atoms with Gasteiger partial charge in [0.25, 0.3) is 0 Å². The second-order valence-electron chi connectivity index (χ2n) is 4.76. The van der Waals surface area contributed by atoms with Gasteiger partial charge in [-0.25, -0.2) is 4.98 Å². The Morgan fingerprint density at radius 2 is 2.11 bits per heavy atom. The van der Waals surface area contributed by atoms with Crippen LogP contribution in [-0.4, -0.2) is 18.1 Å². The van der Waals surface area contributed by atoms with Crippen molar-refractivity contribution in [2.45, 2.75) is 33.0 Å². The standard InChI is InChI=1S/C15H20N2OS/c1-11(2)16-8-13-9-17-15(19-13)14-7-5-4-6-12(14)10-18-3/h4-7,9,11,16H,8,10H2,1-3H3.